The molecule has 1 aromatic rings. The molecule has 0 spiro atoms. The Morgan fingerprint density at radius 2 is 2.13 bits per heavy atom. The van der Waals surface area contributed by atoms with Gasteiger partial charge in [0.2, 0.25) is 0 Å². The summed E-state index contributed by atoms with van der Waals surface area (Å²) in [5.41, 5.74) is 1.06. The highest BCUT2D eigenvalue weighted by Crippen LogP contribution is 2.34. The van der Waals surface area contributed by atoms with E-state index in [1.807, 2.05) is 24.3 Å². The minimum Gasteiger partial charge on any atom is -0.497 e. The summed E-state index contributed by atoms with van der Waals surface area (Å²) in [6, 6.07) is 9.99. The summed E-state index contributed by atoms with van der Waals surface area (Å²) in [5, 5.41) is 8.94. The molecule has 3 heteroatoms. The number of methoxy groups -OCH3 is 1. The predicted molar refractivity (Wildman–Crippen MR) is 55.4 cm³/mol. The van der Waals surface area contributed by atoms with Crippen LogP contribution in [0.15, 0.2) is 24.3 Å². The van der Waals surface area contributed by atoms with E-state index in [1.54, 1.807) is 7.11 Å². The van der Waals surface area contributed by atoms with Crippen LogP contribution in [-0.2, 0) is 4.74 Å². The molecule has 0 aliphatic carbocycles. The maximum atomic E-state index is 8.94. The average molecular weight is 203 g/mol. The number of rotatable bonds is 2. The molecule has 2 rings (SSSR count). The van der Waals surface area contributed by atoms with Gasteiger partial charge in [-0.15, -0.1) is 0 Å². The van der Waals surface area contributed by atoms with Crippen LogP contribution in [0.4, 0.5) is 0 Å². The van der Waals surface area contributed by atoms with Crippen molar-refractivity contribution in [2.45, 2.75) is 12.5 Å². The van der Waals surface area contributed by atoms with Crippen LogP contribution in [0.3, 0.4) is 0 Å². The molecular weight excluding hydrogens is 190 g/mol. The first kappa shape index (κ1) is 10.0. The van der Waals surface area contributed by atoms with Crippen molar-refractivity contribution in [1.82, 2.24) is 0 Å². The van der Waals surface area contributed by atoms with E-state index in [-0.39, 0.29) is 12.0 Å². The minimum atomic E-state index is -0.0686. The van der Waals surface area contributed by atoms with Gasteiger partial charge < -0.3 is 9.47 Å². The summed E-state index contributed by atoms with van der Waals surface area (Å²) in [4.78, 5) is 0. The predicted octanol–water partition coefficient (Wildman–Crippen LogP) is 2.30. The lowest BCUT2D eigenvalue weighted by atomic mass is 9.97. The lowest BCUT2D eigenvalue weighted by Gasteiger charge is -2.13. The molecule has 1 saturated heterocycles. The minimum absolute atomic E-state index is 0.0154. The summed E-state index contributed by atoms with van der Waals surface area (Å²) in [6.45, 7) is 0.676. The Bertz CT molecular complexity index is 366. The molecule has 1 aliphatic heterocycles. The number of nitrogens with zero attached hydrogens (tertiary/aromatic N) is 1. The van der Waals surface area contributed by atoms with Crippen molar-refractivity contribution in [3.63, 3.8) is 0 Å². The fourth-order valence-corrected chi connectivity index (χ4v) is 1.84. The van der Waals surface area contributed by atoms with Crippen LogP contribution in [0, 0.1) is 17.2 Å². The van der Waals surface area contributed by atoms with Crippen molar-refractivity contribution in [2.75, 3.05) is 13.7 Å². The Morgan fingerprint density at radius 3 is 2.73 bits per heavy atom. The summed E-state index contributed by atoms with van der Waals surface area (Å²) in [6.07, 6.45) is 0.758. The Kier molecular flexibility index (Phi) is 2.89. The first-order chi connectivity index (χ1) is 7.35. The topological polar surface area (TPSA) is 42.2 Å². The van der Waals surface area contributed by atoms with E-state index in [1.165, 1.54) is 0 Å². The van der Waals surface area contributed by atoms with Crippen LogP contribution in [0.25, 0.3) is 0 Å². The van der Waals surface area contributed by atoms with Gasteiger partial charge in [-0.1, -0.05) is 12.1 Å². The molecule has 0 unspecified atom stereocenters. The van der Waals surface area contributed by atoms with E-state index in [0.29, 0.717) is 6.61 Å². The highest BCUT2D eigenvalue weighted by Gasteiger charge is 2.29. The van der Waals surface area contributed by atoms with Crippen molar-refractivity contribution < 1.29 is 9.47 Å². The van der Waals surface area contributed by atoms with Crippen molar-refractivity contribution in [1.29, 1.82) is 5.26 Å². The zero-order valence-electron chi connectivity index (χ0n) is 8.64. The Morgan fingerprint density at radius 1 is 1.40 bits per heavy atom. The molecule has 0 bridgehead atoms. The molecule has 78 valence electrons. The van der Waals surface area contributed by atoms with E-state index >= 15 is 0 Å². The molecule has 15 heavy (non-hydrogen) atoms. The molecule has 0 amide bonds. The van der Waals surface area contributed by atoms with Crippen LogP contribution < -0.4 is 4.74 Å². The lowest BCUT2D eigenvalue weighted by molar-refractivity contribution is 0.101. The van der Waals surface area contributed by atoms with Crippen LogP contribution >= 0.6 is 0 Å². The summed E-state index contributed by atoms with van der Waals surface area (Å²) < 4.78 is 10.6. The Hall–Kier alpha value is -1.53. The van der Waals surface area contributed by atoms with E-state index in [2.05, 4.69) is 6.07 Å². The van der Waals surface area contributed by atoms with E-state index in [9.17, 15) is 0 Å². The second-order valence-electron chi connectivity index (χ2n) is 3.59. The van der Waals surface area contributed by atoms with Crippen molar-refractivity contribution in [2.24, 2.45) is 5.92 Å². The summed E-state index contributed by atoms with van der Waals surface area (Å²) in [5.74, 6) is 0.809. The second-order valence-corrected chi connectivity index (χ2v) is 3.59. The molecule has 1 aromatic carbocycles. The molecule has 0 aromatic heterocycles. The lowest BCUT2D eigenvalue weighted by Crippen LogP contribution is -2.05. The fourth-order valence-electron chi connectivity index (χ4n) is 1.84. The van der Waals surface area contributed by atoms with Gasteiger partial charge in [-0.05, 0) is 24.1 Å². The number of hydrogen-bond acceptors (Lipinski definition) is 3. The van der Waals surface area contributed by atoms with Gasteiger partial charge in [0.15, 0.2) is 0 Å². The Labute approximate surface area is 89.2 Å². The van der Waals surface area contributed by atoms with Gasteiger partial charge in [0.05, 0.1) is 25.2 Å². The number of hydrogen-bond donors (Lipinski definition) is 0. The first-order valence-electron chi connectivity index (χ1n) is 5.00. The van der Waals surface area contributed by atoms with Crippen LogP contribution in [0.2, 0.25) is 0 Å². The van der Waals surface area contributed by atoms with Crippen LogP contribution in [0.5, 0.6) is 5.75 Å². The van der Waals surface area contributed by atoms with Gasteiger partial charge in [-0.25, -0.2) is 0 Å². The van der Waals surface area contributed by atoms with Crippen LogP contribution in [0.1, 0.15) is 18.1 Å². The molecule has 0 N–H and O–H groups in total. The van der Waals surface area contributed by atoms with Gasteiger partial charge >= 0.3 is 0 Å². The van der Waals surface area contributed by atoms with Crippen molar-refractivity contribution in [3.05, 3.63) is 29.8 Å². The van der Waals surface area contributed by atoms with E-state index in [4.69, 9.17) is 14.7 Å². The van der Waals surface area contributed by atoms with Gasteiger partial charge in [0.1, 0.15) is 5.75 Å². The van der Waals surface area contributed by atoms with E-state index in [0.717, 1.165) is 17.7 Å². The molecule has 2 atom stereocenters. The molecule has 3 nitrogen and oxygen atoms in total. The quantitative estimate of drug-likeness (QED) is 0.740. The molecule has 1 fully saturated rings. The highest BCUT2D eigenvalue weighted by atomic mass is 16.5. The second kappa shape index (κ2) is 4.33. The van der Waals surface area contributed by atoms with Crippen molar-refractivity contribution in [3.8, 4) is 11.8 Å². The SMILES string of the molecule is COc1ccc([C@H]2OCC[C@@H]2C#N)cc1. The largest absolute Gasteiger partial charge is 0.497 e. The smallest absolute Gasteiger partial charge is 0.118 e. The van der Waals surface area contributed by atoms with Gasteiger partial charge in [0, 0.05) is 6.61 Å². The van der Waals surface area contributed by atoms with Gasteiger partial charge in [-0.3, -0.25) is 0 Å². The molecule has 1 aliphatic rings. The molecule has 0 radical (unpaired) electrons. The van der Waals surface area contributed by atoms with Crippen molar-refractivity contribution >= 4 is 0 Å². The maximum absolute atomic E-state index is 8.94. The number of nitriles is 1. The maximum Gasteiger partial charge on any atom is 0.118 e. The Balaban J connectivity index is 2.19. The summed E-state index contributed by atoms with van der Waals surface area (Å²) in [7, 11) is 1.64. The zero-order valence-corrected chi connectivity index (χ0v) is 8.64. The number of ether oxygens (including phenoxy) is 2. The fraction of sp³-hybridized carbons (Fsp3) is 0.417. The third-order valence-corrected chi connectivity index (χ3v) is 2.70. The third kappa shape index (κ3) is 1.95. The molecular formula is C12H13NO2. The normalized spacial score (nSPS) is 24.8. The zero-order chi connectivity index (χ0) is 10.7. The average Bonchev–Trinajstić information content (AvgIpc) is 2.77. The third-order valence-electron chi connectivity index (χ3n) is 2.70. The monoisotopic (exact) mass is 203 g/mol. The van der Waals surface area contributed by atoms with Gasteiger partial charge in [-0.2, -0.15) is 5.26 Å². The van der Waals surface area contributed by atoms with E-state index < -0.39 is 0 Å². The molecule has 1 heterocycles. The standard InChI is InChI=1S/C12H13NO2/c1-14-11-4-2-9(3-5-11)12-10(8-13)6-7-15-12/h2-5,10,12H,6-7H2,1H3/t10-,12-/m1/s1. The molecule has 0 saturated carbocycles. The van der Waals surface area contributed by atoms with Gasteiger partial charge in [0.25, 0.3) is 0 Å². The first-order valence-corrected chi connectivity index (χ1v) is 5.00. The highest BCUT2D eigenvalue weighted by molar-refractivity contribution is 5.29. The summed E-state index contributed by atoms with van der Waals surface area (Å²) >= 11 is 0. The number of benzene rings is 1. The van der Waals surface area contributed by atoms with Crippen LogP contribution in [-0.4, -0.2) is 13.7 Å².